The van der Waals surface area contributed by atoms with E-state index in [9.17, 15) is 19.7 Å². The number of carboxylic acids is 1. The van der Waals surface area contributed by atoms with Crippen molar-refractivity contribution in [2.24, 2.45) is 5.92 Å². The van der Waals surface area contributed by atoms with E-state index in [0.717, 1.165) is 12.8 Å². The van der Waals surface area contributed by atoms with Crippen LogP contribution in [-0.4, -0.2) is 34.0 Å². The predicted octanol–water partition coefficient (Wildman–Crippen LogP) is 1.76. The molecule has 2 aliphatic carbocycles. The molecule has 0 radical (unpaired) electrons. The van der Waals surface area contributed by atoms with Crippen LogP contribution in [-0.2, 0) is 4.79 Å². The second-order valence-corrected chi connectivity index (χ2v) is 6.08. The van der Waals surface area contributed by atoms with Gasteiger partial charge in [0.1, 0.15) is 5.69 Å². The van der Waals surface area contributed by atoms with Crippen molar-refractivity contribution in [2.75, 3.05) is 5.32 Å². The quantitative estimate of drug-likeness (QED) is 0.542. The Morgan fingerprint density at radius 2 is 1.91 bits per heavy atom. The van der Waals surface area contributed by atoms with Gasteiger partial charge in [-0.1, -0.05) is 0 Å². The fourth-order valence-electron chi connectivity index (χ4n) is 2.60. The Kier molecular flexibility index (Phi) is 3.89. The van der Waals surface area contributed by atoms with Gasteiger partial charge in [0.2, 0.25) is 0 Å². The number of carbonyl (C=O) groups is 2. The Morgan fingerprint density at radius 1 is 1.22 bits per heavy atom. The topological polar surface area (TPSA) is 122 Å². The number of carbonyl (C=O) groups excluding carboxylic acids is 1. The first-order chi connectivity index (χ1) is 10.9. The highest BCUT2D eigenvalue weighted by Crippen LogP contribution is 2.32. The van der Waals surface area contributed by atoms with Crippen molar-refractivity contribution in [2.45, 2.75) is 37.8 Å². The number of nitro groups is 1. The molecule has 0 atom stereocenters. The number of hydrogen-bond donors (Lipinski definition) is 3. The molecular weight excluding hydrogens is 302 g/mol. The van der Waals surface area contributed by atoms with E-state index in [4.69, 9.17) is 5.11 Å². The van der Waals surface area contributed by atoms with Crippen molar-refractivity contribution in [1.82, 2.24) is 5.32 Å². The van der Waals surface area contributed by atoms with E-state index < -0.39 is 22.7 Å². The molecule has 3 rings (SSSR count). The van der Waals surface area contributed by atoms with Gasteiger partial charge in [-0.15, -0.1) is 0 Å². The summed E-state index contributed by atoms with van der Waals surface area (Å²) in [6.07, 6.45) is 2.77. The van der Waals surface area contributed by atoms with Gasteiger partial charge >= 0.3 is 5.97 Å². The third-order valence-electron chi connectivity index (χ3n) is 4.22. The number of anilines is 1. The fraction of sp³-hybridized carbons (Fsp3) is 0.467. The molecule has 2 aliphatic rings. The lowest BCUT2D eigenvalue weighted by molar-refractivity contribution is -0.384. The summed E-state index contributed by atoms with van der Waals surface area (Å²) in [7, 11) is 0. The Labute approximate surface area is 132 Å². The van der Waals surface area contributed by atoms with Crippen LogP contribution < -0.4 is 10.6 Å². The molecule has 0 unspecified atom stereocenters. The molecule has 0 saturated heterocycles. The summed E-state index contributed by atoms with van der Waals surface area (Å²) in [6.45, 7) is 0. The van der Waals surface area contributed by atoms with E-state index in [1.807, 2.05) is 0 Å². The van der Waals surface area contributed by atoms with E-state index >= 15 is 0 Å². The smallest absolute Gasteiger partial charge is 0.306 e. The van der Waals surface area contributed by atoms with Crippen LogP contribution in [0.3, 0.4) is 0 Å². The summed E-state index contributed by atoms with van der Waals surface area (Å²) in [5.74, 6) is -1.69. The molecule has 0 aromatic heterocycles. The second-order valence-electron chi connectivity index (χ2n) is 6.08. The van der Waals surface area contributed by atoms with Crippen LogP contribution in [0.5, 0.6) is 0 Å². The minimum atomic E-state index is -0.860. The molecular formula is C15H17N3O5. The maximum Gasteiger partial charge on any atom is 0.306 e. The molecule has 122 valence electrons. The van der Waals surface area contributed by atoms with Crippen LogP contribution in [0.25, 0.3) is 0 Å². The molecule has 8 heteroatoms. The van der Waals surface area contributed by atoms with Crippen LogP contribution >= 0.6 is 0 Å². The van der Waals surface area contributed by atoms with Gasteiger partial charge < -0.3 is 15.7 Å². The standard InChI is InChI=1S/C15H17N3O5/c19-14(17-11-5-9(6-11)15(20)21)8-1-4-12(16-10-2-3-10)13(7-8)18(22)23/h1,4,7,9-11,16H,2-3,5-6H2,(H,17,19)(H,20,21). The molecule has 8 nitrogen and oxygen atoms in total. The minimum Gasteiger partial charge on any atom is -0.481 e. The number of nitro benzene ring substituents is 1. The van der Waals surface area contributed by atoms with E-state index in [1.165, 1.54) is 6.07 Å². The second kappa shape index (κ2) is 5.86. The van der Waals surface area contributed by atoms with Crippen LogP contribution in [0.4, 0.5) is 11.4 Å². The summed E-state index contributed by atoms with van der Waals surface area (Å²) < 4.78 is 0. The fourth-order valence-corrected chi connectivity index (χ4v) is 2.60. The van der Waals surface area contributed by atoms with Gasteiger partial charge in [0.05, 0.1) is 10.8 Å². The average Bonchev–Trinajstić information content (AvgIpc) is 3.25. The van der Waals surface area contributed by atoms with Crippen molar-refractivity contribution >= 4 is 23.3 Å². The van der Waals surface area contributed by atoms with Gasteiger partial charge in [-0.25, -0.2) is 0 Å². The molecule has 23 heavy (non-hydrogen) atoms. The molecule has 1 amide bonds. The van der Waals surface area contributed by atoms with Crippen LogP contribution in [0.15, 0.2) is 18.2 Å². The zero-order valence-electron chi connectivity index (χ0n) is 12.3. The molecule has 0 aliphatic heterocycles. The predicted molar refractivity (Wildman–Crippen MR) is 81.4 cm³/mol. The first kappa shape index (κ1) is 15.3. The minimum absolute atomic E-state index is 0.124. The number of carboxylic acid groups (broad SMARTS) is 1. The summed E-state index contributed by atoms with van der Waals surface area (Å²) in [6, 6.07) is 4.43. The number of amides is 1. The third-order valence-corrected chi connectivity index (χ3v) is 4.22. The highest BCUT2D eigenvalue weighted by Gasteiger charge is 2.35. The first-order valence-corrected chi connectivity index (χ1v) is 7.52. The molecule has 0 bridgehead atoms. The number of benzene rings is 1. The zero-order valence-corrected chi connectivity index (χ0v) is 12.3. The van der Waals surface area contributed by atoms with Gasteiger partial charge in [0.15, 0.2) is 0 Å². The lowest BCUT2D eigenvalue weighted by atomic mass is 9.80. The van der Waals surface area contributed by atoms with Gasteiger partial charge in [-0.3, -0.25) is 19.7 Å². The first-order valence-electron chi connectivity index (χ1n) is 7.52. The van der Waals surface area contributed by atoms with Crippen LogP contribution in [0.2, 0.25) is 0 Å². The van der Waals surface area contributed by atoms with Gasteiger partial charge in [-0.05, 0) is 37.8 Å². The number of hydrogen-bond acceptors (Lipinski definition) is 5. The average molecular weight is 319 g/mol. The van der Waals surface area contributed by atoms with Crippen molar-refractivity contribution in [3.63, 3.8) is 0 Å². The molecule has 2 saturated carbocycles. The maximum atomic E-state index is 12.1. The van der Waals surface area contributed by atoms with Crippen LogP contribution in [0, 0.1) is 16.0 Å². The lowest BCUT2D eigenvalue weighted by Gasteiger charge is -2.32. The third kappa shape index (κ3) is 3.41. The van der Waals surface area contributed by atoms with Gasteiger partial charge in [0, 0.05) is 23.7 Å². The van der Waals surface area contributed by atoms with Crippen molar-refractivity contribution in [1.29, 1.82) is 0 Å². The molecule has 3 N–H and O–H groups in total. The largest absolute Gasteiger partial charge is 0.481 e. The Morgan fingerprint density at radius 3 is 2.48 bits per heavy atom. The molecule has 1 aromatic carbocycles. The summed E-state index contributed by atoms with van der Waals surface area (Å²) in [5, 5.41) is 25.8. The maximum absolute atomic E-state index is 12.1. The Hall–Kier alpha value is -2.64. The highest BCUT2D eigenvalue weighted by atomic mass is 16.6. The number of aliphatic carboxylic acids is 1. The van der Waals surface area contributed by atoms with E-state index in [1.54, 1.807) is 12.1 Å². The molecule has 2 fully saturated rings. The van der Waals surface area contributed by atoms with E-state index in [2.05, 4.69) is 10.6 Å². The van der Waals surface area contributed by atoms with Gasteiger partial charge in [-0.2, -0.15) is 0 Å². The van der Waals surface area contributed by atoms with E-state index in [-0.39, 0.29) is 23.3 Å². The van der Waals surface area contributed by atoms with E-state index in [0.29, 0.717) is 18.5 Å². The zero-order chi connectivity index (χ0) is 16.6. The summed E-state index contributed by atoms with van der Waals surface area (Å²) in [5.41, 5.74) is 0.502. The summed E-state index contributed by atoms with van der Waals surface area (Å²) in [4.78, 5) is 33.5. The monoisotopic (exact) mass is 319 g/mol. The number of rotatable bonds is 6. The SMILES string of the molecule is O=C(NC1CC(C(=O)O)C1)c1ccc(NC2CC2)c([N+](=O)[O-])c1. The van der Waals surface area contributed by atoms with Gasteiger partial charge in [0.25, 0.3) is 11.6 Å². The van der Waals surface area contributed by atoms with Crippen molar-refractivity contribution in [3.05, 3.63) is 33.9 Å². The lowest BCUT2D eigenvalue weighted by Crippen LogP contribution is -2.46. The summed E-state index contributed by atoms with van der Waals surface area (Å²) >= 11 is 0. The van der Waals surface area contributed by atoms with Crippen molar-refractivity contribution < 1.29 is 19.6 Å². The molecule has 1 aromatic rings. The molecule has 0 heterocycles. The highest BCUT2D eigenvalue weighted by molar-refractivity contribution is 5.96. The Balaban J connectivity index is 1.67. The Bertz CT molecular complexity index is 665. The normalized spacial score (nSPS) is 22.8. The van der Waals surface area contributed by atoms with Crippen LogP contribution in [0.1, 0.15) is 36.0 Å². The molecule has 0 spiro atoms. The number of nitrogens with one attached hydrogen (secondary N) is 2. The number of nitrogens with zero attached hydrogens (tertiary/aromatic N) is 1. The van der Waals surface area contributed by atoms with Crippen molar-refractivity contribution in [3.8, 4) is 0 Å².